The van der Waals surface area contributed by atoms with Crippen molar-refractivity contribution in [3.05, 3.63) is 95.1 Å². The zero-order chi connectivity index (χ0) is 23.2. The van der Waals surface area contributed by atoms with Gasteiger partial charge in [-0.3, -0.25) is 0 Å². The SMILES string of the molecule is COc1ccc(CN(Cc2ccc(C)cc2)c2nc(N)nn2Cc2ccc(OC)cc2)cc1. The highest BCUT2D eigenvalue weighted by atomic mass is 16.5. The molecular weight excluding hydrogens is 414 g/mol. The highest BCUT2D eigenvalue weighted by Crippen LogP contribution is 2.23. The Morgan fingerprint density at radius 3 is 1.76 bits per heavy atom. The van der Waals surface area contributed by atoms with E-state index in [1.807, 2.05) is 41.1 Å². The highest BCUT2D eigenvalue weighted by molar-refractivity contribution is 5.41. The molecule has 4 aromatic rings. The van der Waals surface area contributed by atoms with E-state index in [1.54, 1.807) is 14.2 Å². The first kappa shape index (κ1) is 22.2. The minimum Gasteiger partial charge on any atom is -0.497 e. The molecule has 0 aliphatic carbocycles. The van der Waals surface area contributed by atoms with Crippen LogP contribution < -0.4 is 20.1 Å². The second-order valence-electron chi connectivity index (χ2n) is 7.97. The number of anilines is 2. The van der Waals surface area contributed by atoms with E-state index in [9.17, 15) is 0 Å². The Bertz CT molecular complexity index is 1170. The van der Waals surface area contributed by atoms with Crippen molar-refractivity contribution in [1.82, 2.24) is 14.8 Å². The predicted octanol–water partition coefficient (Wildman–Crippen LogP) is 4.44. The van der Waals surface area contributed by atoms with E-state index in [2.05, 4.69) is 58.3 Å². The van der Waals surface area contributed by atoms with Gasteiger partial charge in [0, 0.05) is 13.1 Å². The molecule has 33 heavy (non-hydrogen) atoms. The van der Waals surface area contributed by atoms with Crippen LogP contribution in [0.4, 0.5) is 11.9 Å². The topological polar surface area (TPSA) is 78.4 Å². The molecule has 0 bridgehead atoms. The van der Waals surface area contributed by atoms with Gasteiger partial charge in [0.05, 0.1) is 20.8 Å². The Labute approximate surface area is 194 Å². The van der Waals surface area contributed by atoms with Gasteiger partial charge in [-0.2, -0.15) is 4.98 Å². The summed E-state index contributed by atoms with van der Waals surface area (Å²) in [5.74, 6) is 2.62. The lowest BCUT2D eigenvalue weighted by atomic mass is 10.1. The minimum absolute atomic E-state index is 0.252. The lowest BCUT2D eigenvalue weighted by Crippen LogP contribution is -2.26. The molecule has 0 aliphatic heterocycles. The van der Waals surface area contributed by atoms with Gasteiger partial charge in [0.2, 0.25) is 11.9 Å². The number of hydrogen-bond acceptors (Lipinski definition) is 6. The minimum atomic E-state index is 0.252. The van der Waals surface area contributed by atoms with Crippen molar-refractivity contribution >= 4 is 11.9 Å². The molecule has 7 heteroatoms. The van der Waals surface area contributed by atoms with Crippen molar-refractivity contribution in [2.24, 2.45) is 0 Å². The van der Waals surface area contributed by atoms with Crippen molar-refractivity contribution in [2.45, 2.75) is 26.6 Å². The Hall–Kier alpha value is -4.00. The number of aryl methyl sites for hydroxylation is 1. The molecule has 4 rings (SSSR count). The molecule has 0 aliphatic rings. The molecule has 0 atom stereocenters. The summed E-state index contributed by atoms with van der Waals surface area (Å²) in [4.78, 5) is 6.78. The van der Waals surface area contributed by atoms with Gasteiger partial charge < -0.3 is 20.1 Å². The molecular formula is C26H29N5O2. The van der Waals surface area contributed by atoms with E-state index in [0.717, 1.165) is 28.6 Å². The smallest absolute Gasteiger partial charge is 0.241 e. The third-order valence-electron chi connectivity index (χ3n) is 5.47. The van der Waals surface area contributed by atoms with Gasteiger partial charge in [-0.1, -0.05) is 54.1 Å². The maximum absolute atomic E-state index is 6.05. The maximum Gasteiger partial charge on any atom is 0.241 e. The van der Waals surface area contributed by atoms with Crippen LogP contribution in [0, 0.1) is 6.92 Å². The molecule has 7 nitrogen and oxygen atoms in total. The molecule has 0 radical (unpaired) electrons. The van der Waals surface area contributed by atoms with Gasteiger partial charge in [-0.25, -0.2) is 4.68 Å². The van der Waals surface area contributed by atoms with E-state index in [0.29, 0.717) is 19.6 Å². The summed E-state index contributed by atoms with van der Waals surface area (Å²) in [7, 11) is 3.33. The molecule has 1 aromatic heterocycles. The summed E-state index contributed by atoms with van der Waals surface area (Å²) in [5, 5.41) is 4.48. The highest BCUT2D eigenvalue weighted by Gasteiger charge is 2.18. The Balaban J connectivity index is 1.65. The first-order valence-corrected chi connectivity index (χ1v) is 10.8. The molecule has 1 heterocycles. The van der Waals surface area contributed by atoms with Crippen LogP contribution >= 0.6 is 0 Å². The van der Waals surface area contributed by atoms with E-state index in [-0.39, 0.29) is 5.95 Å². The van der Waals surface area contributed by atoms with Crippen LogP contribution in [0.3, 0.4) is 0 Å². The lowest BCUT2D eigenvalue weighted by Gasteiger charge is -2.24. The van der Waals surface area contributed by atoms with Crippen LogP contribution in [-0.2, 0) is 19.6 Å². The Kier molecular flexibility index (Phi) is 6.78. The Morgan fingerprint density at radius 2 is 1.24 bits per heavy atom. The first-order valence-electron chi connectivity index (χ1n) is 10.8. The Morgan fingerprint density at radius 1 is 0.758 bits per heavy atom. The number of hydrogen-bond donors (Lipinski definition) is 1. The van der Waals surface area contributed by atoms with Crippen LogP contribution in [0.15, 0.2) is 72.8 Å². The molecule has 0 saturated carbocycles. The van der Waals surface area contributed by atoms with E-state index in [4.69, 9.17) is 15.2 Å². The molecule has 0 amide bonds. The van der Waals surface area contributed by atoms with Crippen LogP contribution in [-0.4, -0.2) is 29.0 Å². The monoisotopic (exact) mass is 443 g/mol. The second-order valence-corrected chi connectivity index (χ2v) is 7.97. The van der Waals surface area contributed by atoms with Gasteiger partial charge >= 0.3 is 0 Å². The molecule has 170 valence electrons. The van der Waals surface area contributed by atoms with E-state index in [1.165, 1.54) is 11.1 Å². The number of nitrogens with zero attached hydrogens (tertiary/aromatic N) is 4. The average molecular weight is 444 g/mol. The van der Waals surface area contributed by atoms with Crippen LogP contribution in [0.2, 0.25) is 0 Å². The van der Waals surface area contributed by atoms with Gasteiger partial charge in [-0.15, -0.1) is 5.10 Å². The molecule has 0 saturated heterocycles. The van der Waals surface area contributed by atoms with Gasteiger partial charge in [-0.05, 0) is 47.9 Å². The van der Waals surface area contributed by atoms with Crippen molar-refractivity contribution in [1.29, 1.82) is 0 Å². The van der Waals surface area contributed by atoms with Gasteiger partial charge in [0.15, 0.2) is 0 Å². The number of ether oxygens (including phenoxy) is 2. The summed E-state index contributed by atoms with van der Waals surface area (Å²) in [6, 6.07) is 24.5. The van der Waals surface area contributed by atoms with E-state index < -0.39 is 0 Å². The van der Waals surface area contributed by atoms with Crippen LogP contribution in [0.5, 0.6) is 11.5 Å². The normalized spacial score (nSPS) is 10.8. The predicted molar refractivity (Wildman–Crippen MR) is 131 cm³/mol. The molecule has 0 fully saturated rings. The lowest BCUT2D eigenvalue weighted by molar-refractivity contribution is 0.414. The third-order valence-corrected chi connectivity index (χ3v) is 5.47. The third kappa shape index (κ3) is 5.63. The maximum atomic E-state index is 6.05. The summed E-state index contributed by atoms with van der Waals surface area (Å²) in [5.41, 5.74) is 10.7. The molecule has 0 spiro atoms. The number of rotatable bonds is 9. The van der Waals surface area contributed by atoms with Crippen molar-refractivity contribution in [2.75, 3.05) is 24.9 Å². The summed E-state index contributed by atoms with van der Waals surface area (Å²) in [6.45, 7) is 3.97. The number of nitrogen functional groups attached to an aromatic ring is 1. The largest absolute Gasteiger partial charge is 0.497 e. The van der Waals surface area contributed by atoms with Gasteiger partial charge in [0.1, 0.15) is 11.5 Å². The van der Waals surface area contributed by atoms with Gasteiger partial charge in [0.25, 0.3) is 0 Å². The molecule has 3 aromatic carbocycles. The van der Waals surface area contributed by atoms with Crippen molar-refractivity contribution in [3.63, 3.8) is 0 Å². The van der Waals surface area contributed by atoms with E-state index >= 15 is 0 Å². The number of nitrogens with two attached hydrogens (primary N) is 1. The molecule has 0 unspecified atom stereocenters. The fourth-order valence-electron chi connectivity index (χ4n) is 3.66. The number of methoxy groups -OCH3 is 2. The fourth-order valence-corrected chi connectivity index (χ4v) is 3.66. The van der Waals surface area contributed by atoms with Crippen molar-refractivity contribution in [3.8, 4) is 11.5 Å². The summed E-state index contributed by atoms with van der Waals surface area (Å²) >= 11 is 0. The summed E-state index contributed by atoms with van der Waals surface area (Å²) in [6.07, 6.45) is 0. The van der Waals surface area contributed by atoms with Crippen LogP contribution in [0.25, 0.3) is 0 Å². The first-order chi connectivity index (χ1) is 16.0. The fraction of sp³-hybridized carbons (Fsp3) is 0.231. The zero-order valence-electron chi connectivity index (χ0n) is 19.2. The number of aromatic nitrogens is 3. The summed E-state index contributed by atoms with van der Waals surface area (Å²) < 4.78 is 12.4. The zero-order valence-corrected chi connectivity index (χ0v) is 19.2. The quantitative estimate of drug-likeness (QED) is 0.412. The number of benzene rings is 3. The molecule has 2 N–H and O–H groups in total. The van der Waals surface area contributed by atoms with Crippen molar-refractivity contribution < 1.29 is 9.47 Å². The average Bonchev–Trinajstić information content (AvgIpc) is 3.20. The standard InChI is InChI=1S/C26H29N5O2/c1-19-4-6-20(7-5-19)16-30(17-21-8-12-23(32-2)13-9-21)26-28-25(27)29-31(26)18-22-10-14-24(33-3)15-11-22/h4-15H,16-18H2,1-3H3,(H2,27,29). The second kappa shape index (κ2) is 10.1. The van der Waals surface area contributed by atoms with Crippen LogP contribution in [0.1, 0.15) is 22.3 Å².